The van der Waals surface area contributed by atoms with Gasteiger partial charge in [-0.1, -0.05) is 6.92 Å². The van der Waals surface area contributed by atoms with E-state index in [-0.39, 0.29) is 24.6 Å². The Morgan fingerprint density at radius 3 is 2.41 bits per heavy atom. The SMILES string of the molecule is CCC(CO)N1CCN(C(=O)C(C)n2nc(C)cc2C)CC1. The summed E-state index contributed by atoms with van der Waals surface area (Å²) in [5.74, 6) is 0.128. The minimum atomic E-state index is -0.264. The molecule has 6 nitrogen and oxygen atoms in total. The maximum atomic E-state index is 12.7. The van der Waals surface area contributed by atoms with E-state index < -0.39 is 0 Å². The lowest BCUT2D eigenvalue weighted by Gasteiger charge is -2.39. The van der Waals surface area contributed by atoms with Crippen LogP contribution in [0.4, 0.5) is 0 Å². The highest BCUT2D eigenvalue weighted by molar-refractivity contribution is 5.80. The average Bonchev–Trinajstić information content (AvgIpc) is 2.86. The van der Waals surface area contributed by atoms with Gasteiger partial charge in [-0.05, 0) is 33.3 Å². The second-order valence-electron chi connectivity index (χ2n) is 6.15. The van der Waals surface area contributed by atoms with E-state index in [1.165, 1.54) is 0 Å². The van der Waals surface area contributed by atoms with Crippen LogP contribution in [0.15, 0.2) is 6.07 Å². The molecular weight excluding hydrogens is 280 g/mol. The lowest BCUT2D eigenvalue weighted by molar-refractivity contribution is -0.136. The summed E-state index contributed by atoms with van der Waals surface area (Å²) >= 11 is 0. The quantitative estimate of drug-likeness (QED) is 0.881. The van der Waals surface area contributed by atoms with Gasteiger partial charge in [0.1, 0.15) is 6.04 Å². The van der Waals surface area contributed by atoms with Crippen molar-refractivity contribution in [2.24, 2.45) is 0 Å². The molecule has 0 spiro atoms. The number of aliphatic hydroxyl groups excluding tert-OH is 1. The fraction of sp³-hybridized carbons (Fsp3) is 0.750. The molecular formula is C16H28N4O2. The number of carbonyl (C=O) groups excluding carboxylic acids is 1. The lowest BCUT2D eigenvalue weighted by atomic mass is 10.1. The Morgan fingerprint density at radius 1 is 1.32 bits per heavy atom. The van der Waals surface area contributed by atoms with Gasteiger partial charge in [0.25, 0.3) is 0 Å². The van der Waals surface area contributed by atoms with Gasteiger partial charge in [0.15, 0.2) is 0 Å². The van der Waals surface area contributed by atoms with E-state index in [9.17, 15) is 9.90 Å². The van der Waals surface area contributed by atoms with Crippen molar-refractivity contribution in [2.75, 3.05) is 32.8 Å². The number of rotatable bonds is 5. The molecule has 22 heavy (non-hydrogen) atoms. The lowest BCUT2D eigenvalue weighted by Crippen LogP contribution is -2.53. The molecule has 0 bridgehead atoms. The van der Waals surface area contributed by atoms with Gasteiger partial charge >= 0.3 is 0 Å². The molecule has 2 heterocycles. The molecule has 1 amide bonds. The summed E-state index contributed by atoms with van der Waals surface area (Å²) in [6, 6.07) is 1.94. The number of nitrogens with zero attached hydrogens (tertiary/aromatic N) is 4. The number of carbonyl (C=O) groups is 1. The first-order valence-corrected chi connectivity index (χ1v) is 8.14. The largest absolute Gasteiger partial charge is 0.395 e. The summed E-state index contributed by atoms with van der Waals surface area (Å²) in [7, 11) is 0. The van der Waals surface area contributed by atoms with E-state index in [0.717, 1.165) is 44.0 Å². The number of amides is 1. The van der Waals surface area contributed by atoms with Crippen LogP contribution in [0.2, 0.25) is 0 Å². The fourth-order valence-electron chi connectivity index (χ4n) is 3.22. The van der Waals surface area contributed by atoms with Crippen LogP contribution in [0.25, 0.3) is 0 Å². The van der Waals surface area contributed by atoms with Crippen molar-refractivity contribution in [3.8, 4) is 0 Å². The van der Waals surface area contributed by atoms with Crippen molar-refractivity contribution in [2.45, 2.75) is 46.2 Å². The number of aromatic nitrogens is 2. The fourth-order valence-corrected chi connectivity index (χ4v) is 3.22. The highest BCUT2D eigenvalue weighted by atomic mass is 16.3. The van der Waals surface area contributed by atoms with E-state index in [1.807, 2.05) is 36.4 Å². The minimum Gasteiger partial charge on any atom is -0.395 e. The summed E-state index contributed by atoms with van der Waals surface area (Å²) in [6.07, 6.45) is 0.937. The van der Waals surface area contributed by atoms with Crippen LogP contribution in [-0.4, -0.2) is 69.4 Å². The smallest absolute Gasteiger partial charge is 0.247 e. The van der Waals surface area contributed by atoms with Crippen molar-refractivity contribution in [3.63, 3.8) is 0 Å². The van der Waals surface area contributed by atoms with Gasteiger partial charge in [0.05, 0.1) is 12.3 Å². The summed E-state index contributed by atoms with van der Waals surface area (Å²) in [4.78, 5) is 16.9. The van der Waals surface area contributed by atoms with E-state index >= 15 is 0 Å². The summed E-state index contributed by atoms with van der Waals surface area (Å²) in [6.45, 7) is 11.2. The Hall–Kier alpha value is -1.40. The first-order valence-electron chi connectivity index (χ1n) is 8.14. The molecule has 1 fully saturated rings. The third-order valence-electron chi connectivity index (χ3n) is 4.59. The number of hydrogen-bond acceptors (Lipinski definition) is 4. The molecule has 6 heteroatoms. The molecule has 2 rings (SSSR count). The molecule has 0 saturated carbocycles. The van der Waals surface area contributed by atoms with Crippen molar-refractivity contribution in [1.82, 2.24) is 19.6 Å². The van der Waals surface area contributed by atoms with Gasteiger partial charge in [0.2, 0.25) is 5.91 Å². The van der Waals surface area contributed by atoms with E-state index in [1.54, 1.807) is 0 Å². The van der Waals surface area contributed by atoms with Crippen LogP contribution in [0, 0.1) is 13.8 Å². The number of aryl methyl sites for hydroxylation is 2. The van der Waals surface area contributed by atoms with Gasteiger partial charge in [-0.25, -0.2) is 0 Å². The monoisotopic (exact) mass is 308 g/mol. The third kappa shape index (κ3) is 3.50. The molecule has 1 saturated heterocycles. The molecule has 1 aliphatic heterocycles. The maximum absolute atomic E-state index is 12.7. The normalized spacial score (nSPS) is 19.2. The summed E-state index contributed by atoms with van der Waals surface area (Å²) in [5.41, 5.74) is 1.96. The molecule has 1 aromatic heterocycles. The highest BCUT2D eigenvalue weighted by Gasteiger charge is 2.28. The standard InChI is InChI=1S/C16H28N4O2/c1-5-15(11-21)18-6-8-19(9-7-18)16(22)14(4)20-13(3)10-12(2)17-20/h10,14-15,21H,5-9,11H2,1-4H3. The van der Waals surface area contributed by atoms with Crippen LogP contribution in [0.3, 0.4) is 0 Å². The van der Waals surface area contributed by atoms with Gasteiger partial charge in [-0.3, -0.25) is 14.4 Å². The molecule has 2 atom stereocenters. The Morgan fingerprint density at radius 2 is 1.95 bits per heavy atom. The first-order chi connectivity index (χ1) is 10.5. The van der Waals surface area contributed by atoms with Gasteiger partial charge in [-0.2, -0.15) is 5.10 Å². The molecule has 0 aliphatic carbocycles. The zero-order valence-electron chi connectivity index (χ0n) is 14.1. The van der Waals surface area contributed by atoms with Crippen LogP contribution in [-0.2, 0) is 4.79 Å². The van der Waals surface area contributed by atoms with E-state index in [4.69, 9.17) is 0 Å². The van der Waals surface area contributed by atoms with Crippen molar-refractivity contribution in [3.05, 3.63) is 17.5 Å². The van der Waals surface area contributed by atoms with Crippen molar-refractivity contribution in [1.29, 1.82) is 0 Å². The average molecular weight is 308 g/mol. The van der Waals surface area contributed by atoms with Gasteiger partial charge in [-0.15, -0.1) is 0 Å². The molecule has 0 aromatic carbocycles. The Balaban J connectivity index is 1.96. The summed E-state index contributed by atoms with van der Waals surface area (Å²) in [5, 5.41) is 13.8. The molecule has 124 valence electrons. The van der Waals surface area contributed by atoms with Crippen LogP contribution in [0.1, 0.15) is 37.7 Å². The second kappa shape index (κ2) is 7.24. The number of aliphatic hydroxyl groups is 1. The van der Waals surface area contributed by atoms with Crippen LogP contribution < -0.4 is 0 Å². The zero-order chi connectivity index (χ0) is 16.3. The van der Waals surface area contributed by atoms with Crippen molar-refractivity contribution >= 4 is 5.91 Å². The summed E-state index contributed by atoms with van der Waals surface area (Å²) < 4.78 is 1.81. The van der Waals surface area contributed by atoms with Crippen molar-refractivity contribution < 1.29 is 9.90 Å². The van der Waals surface area contributed by atoms with Gasteiger partial charge in [0, 0.05) is 37.9 Å². The highest BCUT2D eigenvalue weighted by Crippen LogP contribution is 2.16. The minimum absolute atomic E-state index is 0.128. The van der Waals surface area contributed by atoms with E-state index in [0.29, 0.717) is 0 Å². The maximum Gasteiger partial charge on any atom is 0.247 e. The predicted octanol–water partition coefficient (Wildman–Crippen LogP) is 0.976. The Kier molecular flexibility index (Phi) is 5.58. The Labute approximate surface area is 132 Å². The third-order valence-corrected chi connectivity index (χ3v) is 4.59. The number of piperazine rings is 1. The van der Waals surface area contributed by atoms with E-state index in [2.05, 4.69) is 16.9 Å². The molecule has 1 N–H and O–H groups in total. The topological polar surface area (TPSA) is 61.6 Å². The van der Waals surface area contributed by atoms with Crippen LogP contribution in [0.5, 0.6) is 0 Å². The van der Waals surface area contributed by atoms with Gasteiger partial charge < -0.3 is 10.0 Å². The molecule has 0 radical (unpaired) electrons. The Bertz CT molecular complexity index is 502. The molecule has 1 aromatic rings. The van der Waals surface area contributed by atoms with Crippen LogP contribution >= 0.6 is 0 Å². The molecule has 1 aliphatic rings. The zero-order valence-corrected chi connectivity index (χ0v) is 14.1. The number of hydrogen-bond donors (Lipinski definition) is 1. The molecule has 2 unspecified atom stereocenters. The first kappa shape index (κ1) is 17.0. The second-order valence-corrected chi connectivity index (χ2v) is 6.15. The predicted molar refractivity (Wildman–Crippen MR) is 85.7 cm³/mol.